The molecule has 0 spiro atoms. The van der Waals surface area contributed by atoms with Crippen LogP contribution in [-0.4, -0.2) is 45.7 Å². The number of fused-ring (bicyclic) bond motifs is 3. The van der Waals surface area contributed by atoms with Crippen molar-refractivity contribution < 1.29 is 0 Å². The normalized spacial score (nSPS) is 14.0. The Morgan fingerprint density at radius 3 is 2.46 bits per heavy atom. The highest BCUT2D eigenvalue weighted by atomic mass is 16.1. The van der Waals surface area contributed by atoms with E-state index in [9.17, 15) is 4.79 Å². The fourth-order valence-electron chi connectivity index (χ4n) is 4.87. The molecule has 0 unspecified atom stereocenters. The molecule has 4 heterocycles. The highest BCUT2D eigenvalue weighted by Crippen LogP contribution is 2.30. The van der Waals surface area contributed by atoms with Crippen LogP contribution >= 0.6 is 0 Å². The van der Waals surface area contributed by atoms with Gasteiger partial charge < -0.3 is 16.0 Å². The van der Waals surface area contributed by atoms with Crippen molar-refractivity contribution in [2.24, 2.45) is 0 Å². The van der Waals surface area contributed by atoms with Gasteiger partial charge in [-0.05, 0) is 54.4 Å². The molecule has 6 rings (SSSR count). The number of nitrogens with two attached hydrogens (primary N) is 1. The van der Waals surface area contributed by atoms with E-state index >= 15 is 0 Å². The molecule has 1 saturated heterocycles. The molecule has 3 N–H and O–H groups in total. The van der Waals surface area contributed by atoms with E-state index in [2.05, 4.69) is 44.2 Å². The van der Waals surface area contributed by atoms with Crippen LogP contribution in [0.15, 0.2) is 71.9 Å². The number of benzene rings is 2. The number of anilines is 2. The van der Waals surface area contributed by atoms with Crippen LogP contribution in [0.1, 0.15) is 5.56 Å². The molecule has 8 heteroatoms. The maximum atomic E-state index is 13.3. The van der Waals surface area contributed by atoms with Crippen LogP contribution in [0.2, 0.25) is 0 Å². The van der Waals surface area contributed by atoms with Crippen molar-refractivity contribution in [1.82, 2.24) is 24.8 Å². The van der Waals surface area contributed by atoms with E-state index in [4.69, 9.17) is 5.73 Å². The predicted molar refractivity (Wildman–Crippen MR) is 140 cm³/mol. The molecule has 0 bridgehead atoms. The van der Waals surface area contributed by atoms with Gasteiger partial charge in [-0.3, -0.25) is 14.3 Å². The molecular formula is C27H25N7O. The van der Waals surface area contributed by atoms with Crippen molar-refractivity contribution in [3.8, 4) is 16.8 Å². The summed E-state index contributed by atoms with van der Waals surface area (Å²) in [5, 5.41) is 5.18. The summed E-state index contributed by atoms with van der Waals surface area (Å²) in [5.74, 6) is 0.232. The van der Waals surface area contributed by atoms with Crippen molar-refractivity contribution in [1.29, 1.82) is 0 Å². The largest absolute Gasteiger partial charge is 0.369 e. The summed E-state index contributed by atoms with van der Waals surface area (Å²) in [6.07, 6.45) is 5.22. The molecule has 0 atom stereocenters. The molecule has 1 aliphatic heterocycles. The fourth-order valence-corrected chi connectivity index (χ4v) is 4.87. The maximum absolute atomic E-state index is 13.3. The zero-order valence-electron chi connectivity index (χ0n) is 19.4. The monoisotopic (exact) mass is 463 g/mol. The summed E-state index contributed by atoms with van der Waals surface area (Å²) in [6.45, 7) is 6.01. The molecule has 8 nitrogen and oxygen atoms in total. The number of nitrogens with zero attached hydrogens (tertiary/aromatic N) is 5. The number of nitrogens with one attached hydrogen (secondary N) is 1. The van der Waals surface area contributed by atoms with Gasteiger partial charge in [0.25, 0.3) is 5.56 Å². The van der Waals surface area contributed by atoms with Crippen LogP contribution in [-0.2, 0) is 0 Å². The topological polar surface area (TPSA) is 102 Å². The van der Waals surface area contributed by atoms with Crippen molar-refractivity contribution in [3.63, 3.8) is 0 Å². The van der Waals surface area contributed by atoms with Crippen molar-refractivity contribution in [2.45, 2.75) is 6.92 Å². The van der Waals surface area contributed by atoms with Gasteiger partial charge in [-0.25, -0.2) is 9.97 Å². The second-order valence-electron chi connectivity index (χ2n) is 8.84. The minimum absolute atomic E-state index is 0.0828. The quantitative estimate of drug-likeness (QED) is 0.396. The molecule has 5 aromatic rings. The number of aryl methyl sites for hydroxylation is 1. The molecule has 0 radical (unpaired) electrons. The molecular weight excluding hydrogens is 438 g/mol. The molecule has 1 aliphatic rings. The van der Waals surface area contributed by atoms with E-state index < -0.39 is 0 Å². The Balaban J connectivity index is 1.56. The number of pyridine rings is 2. The molecule has 2 aromatic carbocycles. The van der Waals surface area contributed by atoms with Crippen LogP contribution in [0.3, 0.4) is 0 Å². The number of nitrogen functional groups attached to an aromatic ring is 1. The maximum Gasteiger partial charge on any atom is 0.255 e. The number of aromatic nitrogens is 4. The Bertz CT molecular complexity index is 1620. The van der Waals surface area contributed by atoms with E-state index in [0.717, 1.165) is 70.4 Å². The van der Waals surface area contributed by atoms with E-state index in [1.165, 1.54) is 5.69 Å². The molecule has 0 aliphatic carbocycles. The standard InChI is InChI=1S/C27H25N7O/c1-17-12-21(4-6-24(17)33-10-8-29-9-11-33)34-25(35)7-3-19-14-30-23-5-2-18(13-22(23)26(19)34)20-15-31-27(28)32-16-20/h2-7,12-16,29H,8-11H2,1H3,(H2,28,31,32). The Morgan fingerprint density at radius 1 is 0.886 bits per heavy atom. The lowest BCUT2D eigenvalue weighted by atomic mass is 10.0. The highest BCUT2D eigenvalue weighted by molar-refractivity contribution is 6.05. The zero-order chi connectivity index (χ0) is 23.9. The van der Waals surface area contributed by atoms with Crippen LogP contribution in [0, 0.1) is 6.92 Å². The second-order valence-corrected chi connectivity index (χ2v) is 8.84. The van der Waals surface area contributed by atoms with E-state index in [1.807, 2.05) is 36.5 Å². The van der Waals surface area contributed by atoms with E-state index in [1.54, 1.807) is 23.0 Å². The highest BCUT2D eigenvalue weighted by Gasteiger charge is 2.16. The summed E-state index contributed by atoms with van der Waals surface area (Å²) in [5.41, 5.74) is 12.2. The molecule has 35 heavy (non-hydrogen) atoms. The van der Waals surface area contributed by atoms with Crippen molar-refractivity contribution >= 4 is 33.4 Å². The van der Waals surface area contributed by atoms with Gasteiger partial charge in [-0.2, -0.15) is 0 Å². The minimum atomic E-state index is -0.0828. The lowest BCUT2D eigenvalue weighted by Crippen LogP contribution is -2.43. The average molecular weight is 464 g/mol. The van der Waals surface area contributed by atoms with Gasteiger partial charge in [0.05, 0.1) is 11.0 Å². The van der Waals surface area contributed by atoms with E-state index in [0.29, 0.717) is 0 Å². The lowest BCUT2D eigenvalue weighted by molar-refractivity contribution is 0.588. The zero-order valence-corrected chi connectivity index (χ0v) is 19.4. The smallest absolute Gasteiger partial charge is 0.255 e. The van der Waals surface area contributed by atoms with Crippen molar-refractivity contribution in [3.05, 3.63) is 83.0 Å². The Labute approximate surface area is 202 Å². The van der Waals surface area contributed by atoms with Crippen LogP contribution in [0.4, 0.5) is 11.6 Å². The number of rotatable bonds is 3. The first kappa shape index (κ1) is 21.2. The molecule has 0 amide bonds. The predicted octanol–water partition coefficient (Wildman–Crippen LogP) is 3.30. The molecule has 3 aromatic heterocycles. The lowest BCUT2D eigenvalue weighted by Gasteiger charge is -2.31. The van der Waals surface area contributed by atoms with Gasteiger partial charge in [0, 0.05) is 78.5 Å². The van der Waals surface area contributed by atoms with Gasteiger partial charge >= 0.3 is 0 Å². The van der Waals surface area contributed by atoms with Crippen LogP contribution in [0.25, 0.3) is 38.6 Å². The molecule has 0 saturated carbocycles. The first-order valence-corrected chi connectivity index (χ1v) is 11.7. The first-order chi connectivity index (χ1) is 17.1. The third-order valence-electron chi connectivity index (χ3n) is 6.62. The Hall–Kier alpha value is -4.30. The van der Waals surface area contributed by atoms with Gasteiger partial charge in [-0.15, -0.1) is 0 Å². The van der Waals surface area contributed by atoms with Crippen LogP contribution in [0.5, 0.6) is 0 Å². The van der Waals surface area contributed by atoms with Gasteiger partial charge in [-0.1, -0.05) is 6.07 Å². The molecule has 174 valence electrons. The summed E-state index contributed by atoms with van der Waals surface area (Å²) in [4.78, 5) is 28.5. The average Bonchev–Trinajstić information content (AvgIpc) is 2.89. The minimum Gasteiger partial charge on any atom is -0.369 e. The SMILES string of the molecule is Cc1cc(-n2c(=O)ccc3cnc4ccc(-c5cnc(N)nc5)cc4c32)ccc1N1CCNCC1. The molecule has 1 fully saturated rings. The third kappa shape index (κ3) is 3.77. The van der Waals surface area contributed by atoms with E-state index in [-0.39, 0.29) is 11.5 Å². The van der Waals surface area contributed by atoms with Gasteiger partial charge in [0.15, 0.2) is 0 Å². The summed E-state index contributed by atoms with van der Waals surface area (Å²) in [7, 11) is 0. The number of piperazine rings is 1. The number of hydrogen-bond donors (Lipinski definition) is 2. The third-order valence-corrected chi connectivity index (χ3v) is 6.62. The van der Waals surface area contributed by atoms with Gasteiger partial charge in [0.2, 0.25) is 5.95 Å². The van der Waals surface area contributed by atoms with Crippen LogP contribution < -0.4 is 21.5 Å². The summed E-state index contributed by atoms with van der Waals surface area (Å²) in [6, 6.07) is 15.7. The van der Waals surface area contributed by atoms with Crippen molar-refractivity contribution in [2.75, 3.05) is 36.8 Å². The first-order valence-electron chi connectivity index (χ1n) is 11.7. The fraction of sp³-hybridized carbons (Fsp3) is 0.185. The Morgan fingerprint density at radius 2 is 1.69 bits per heavy atom. The Kier molecular flexibility index (Phi) is 5.15. The summed E-state index contributed by atoms with van der Waals surface area (Å²) >= 11 is 0. The number of hydrogen-bond acceptors (Lipinski definition) is 7. The summed E-state index contributed by atoms with van der Waals surface area (Å²) < 4.78 is 1.79. The second kappa shape index (κ2) is 8.48. The van der Waals surface area contributed by atoms with Gasteiger partial charge in [0.1, 0.15) is 0 Å².